The van der Waals surface area contributed by atoms with Crippen molar-refractivity contribution in [3.63, 3.8) is 0 Å². The quantitative estimate of drug-likeness (QED) is 0.772. The van der Waals surface area contributed by atoms with Crippen LogP contribution in [0.4, 0.5) is 0 Å². The lowest BCUT2D eigenvalue weighted by atomic mass is 10.1. The van der Waals surface area contributed by atoms with Gasteiger partial charge < -0.3 is 10.4 Å². The summed E-state index contributed by atoms with van der Waals surface area (Å²) in [5.74, 6) is 0.810. The lowest BCUT2D eigenvalue weighted by Crippen LogP contribution is -2.27. The van der Waals surface area contributed by atoms with E-state index in [0.717, 1.165) is 29.7 Å². The van der Waals surface area contributed by atoms with Crippen molar-refractivity contribution in [3.8, 4) is 11.6 Å². The minimum Gasteiger partial charge on any atom is -0.508 e. The topological polar surface area (TPSA) is 80.0 Å². The van der Waals surface area contributed by atoms with E-state index in [1.807, 2.05) is 37.3 Å². The maximum absolute atomic E-state index is 12.7. The number of carbonyl (C=O) groups excluding carboxylic acids is 1. The van der Waals surface area contributed by atoms with Crippen LogP contribution in [0.15, 0.2) is 48.8 Å². The van der Waals surface area contributed by atoms with E-state index < -0.39 is 0 Å². The van der Waals surface area contributed by atoms with Crippen molar-refractivity contribution in [3.05, 3.63) is 71.2 Å². The van der Waals surface area contributed by atoms with Crippen LogP contribution in [0, 0.1) is 6.92 Å². The summed E-state index contributed by atoms with van der Waals surface area (Å²) >= 11 is 0. The monoisotopic (exact) mass is 334 g/mol. The molecule has 126 valence electrons. The van der Waals surface area contributed by atoms with Crippen LogP contribution in [0.3, 0.4) is 0 Å². The summed E-state index contributed by atoms with van der Waals surface area (Å²) in [5, 5.41) is 17.3. The first kappa shape index (κ1) is 15.4. The Bertz CT molecular complexity index is 934. The van der Waals surface area contributed by atoms with Crippen LogP contribution in [-0.2, 0) is 6.42 Å². The number of carbonyl (C=O) groups is 1. The van der Waals surface area contributed by atoms with Gasteiger partial charge in [0.1, 0.15) is 5.75 Å². The standard InChI is InChI=1S/C19H18N4O2/c1-12-15(11-21-23(12)18-7-2-3-10-20-18)19(25)22-16-9-8-14-13(16)5-4-6-17(14)24/h2-7,10-11,16,24H,8-9H2,1H3,(H,22,25). The first-order chi connectivity index (χ1) is 12.1. The van der Waals surface area contributed by atoms with Crippen molar-refractivity contribution in [2.24, 2.45) is 0 Å². The molecular weight excluding hydrogens is 316 g/mol. The number of benzene rings is 1. The molecule has 0 saturated heterocycles. The second kappa shape index (κ2) is 6.05. The van der Waals surface area contributed by atoms with Crippen LogP contribution in [-0.4, -0.2) is 25.8 Å². The van der Waals surface area contributed by atoms with Gasteiger partial charge in [0, 0.05) is 6.20 Å². The fourth-order valence-corrected chi connectivity index (χ4v) is 3.36. The molecule has 0 radical (unpaired) electrons. The molecule has 1 amide bonds. The largest absolute Gasteiger partial charge is 0.508 e. The normalized spacial score (nSPS) is 15.8. The Morgan fingerprint density at radius 2 is 2.16 bits per heavy atom. The number of fused-ring (bicyclic) bond motifs is 1. The highest BCUT2D eigenvalue weighted by Gasteiger charge is 2.27. The fraction of sp³-hybridized carbons (Fsp3) is 0.211. The number of aromatic hydroxyl groups is 1. The van der Waals surface area contributed by atoms with Crippen LogP contribution in [0.5, 0.6) is 5.75 Å². The smallest absolute Gasteiger partial charge is 0.255 e. The summed E-state index contributed by atoms with van der Waals surface area (Å²) in [7, 11) is 0. The van der Waals surface area contributed by atoms with E-state index in [2.05, 4.69) is 15.4 Å². The van der Waals surface area contributed by atoms with Crippen molar-refractivity contribution in [1.82, 2.24) is 20.1 Å². The van der Waals surface area contributed by atoms with Gasteiger partial charge >= 0.3 is 0 Å². The number of nitrogens with one attached hydrogen (secondary N) is 1. The minimum absolute atomic E-state index is 0.0906. The van der Waals surface area contributed by atoms with Crippen molar-refractivity contribution in [1.29, 1.82) is 0 Å². The zero-order chi connectivity index (χ0) is 17.4. The number of aromatic nitrogens is 3. The predicted octanol–water partition coefficient (Wildman–Crippen LogP) is 2.70. The van der Waals surface area contributed by atoms with Gasteiger partial charge in [-0.1, -0.05) is 18.2 Å². The molecule has 2 heterocycles. The van der Waals surface area contributed by atoms with Crippen molar-refractivity contribution < 1.29 is 9.90 Å². The molecule has 2 aromatic heterocycles. The van der Waals surface area contributed by atoms with Gasteiger partial charge in [-0.25, -0.2) is 9.67 Å². The summed E-state index contributed by atoms with van der Waals surface area (Å²) < 4.78 is 1.66. The van der Waals surface area contributed by atoms with Gasteiger partial charge in [0.15, 0.2) is 5.82 Å². The summed E-state index contributed by atoms with van der Waals surface area (Å²) in [6.45, 7) is 1.85. The highest BCUT2D eigenvalue weighted by molar-refractivity contribution is 5.95. The second-order valence-electron chi connectivity index (χ2n) is 6.15. The van der Waals surface area contributed by atoms with Crippen molar-refractivity contribution in [2.45, 2.75) is 25.8 Å². The molecule has 0 fully saturated rings. The molecule has 6 heteroatoms. The lowest BCUT2D eigenvalue weighted by molar-refractivity contribution is 0.0936. The number of rotatable bonds is 3. The summed E-state index contributed by atoms with van der Waals surface area (Å²) in [6.07, 6.45) is 4.81. The molecule has 1 aliphatic carbocycles. The Morgan fingerprint density at radius 1 is 1.28 bits per heavy atom. The molecule has 1 atom stereocenters. The average Bonchev–Trinajstić information content (AvgIpc) is 3.20. The highest BCUT2D eigenvalue weighted by Crippen LogP contribution is 2.36. The van der Waals surface area contributed by atoms with E-state index in [1.165, 1.54) is 0 Å². The van der Waals surface area contributed by atoms with Gasteiger partial charge in [-0.3, -0.25) is 4.79 Å². The minimum atomic E-state index is -0.166. The van der Waals surface area contributed by atoms with E-state index in [-0.39, 0.29) is 11.9 Å². The van der Waals surface area contributed by atoms with Gasteiger partial charge in [0.05, 0.1) is 23.5 Å². The molecule has 4 rings (SSSR count). The molecule has 0 saturated carbocycles. The summed E-state index contributed by atoms with van der Waals surface area (Å²) in [5.41, 5.74) is 3.18. The number of hydrogen-bond acceptors (Lipinski definition) is 4. The average molecular weight is 334 g/mol. The number of amides is 1. The van der Waals surface area contributed by atoms with E-state index in [0.29, 0.717) is 17.1 Å². The van der Waals surface area contributed by atoms with E-state index in [9.17, 15) is 9.90 Å². The lowest BCUT2D eigenvalue weighted by Gasteiger charge is -2.14. The number of pyridine rings is 1. The summed E-state index contributed by atoms with van der Waals surface area (Å²) in [4.78, 5) is 17.0. The Balaban J connectivity index is 1.58. The van der Waals surface area contributed by atoms with Crippen LogP contribution < -0.4 is 5.32 Å². The van der Waals surface area contributed by atoms with E-state index in [4.69, 9.17) is 0 Å². The first-order valence-corrected chi connectivity index (χ1v) is 8.23. The molecule has 3 aromatic rings. The Morgan fingerprint density at radius 3 is 2.96 bits per heavy atom. The number of phenolic OH excluding ortho intramolecular Hbond substituents is 1. The molecule has 0 bridgehead atoms. The molecule has 1 aromatic carbocycles. The third-order valence-electron chi connectivity index (χ3n) is 4.67. The third kappa shape index (κ3) is 2.65. The van der Waals surface area contributed by atoms with Crippen molar-refractivity contribution >= 4 is 5.91 Å². The van der Waals surface area contributed by atoms with Gasteiger partial charge in [-0.2, -0.15) is 5.10 Å². The maximum Gasteiger partial charge on any atom is 0.255 e. The Labute approximate surface area is 145 Å². The number of phenols is 1. The molecule has 6 nitrogen and oxygen atoms in total. The maximum atomic E-state index is 12.7. The Hall–Kier alpha value is -3.15. The molecule has 25 heavy (non-hydrogen) atoms. The van der Waals surface area contributed by atoms with Crippen LogP contribution in [0.2, 0.25) is 0 Å². The van der Waals surface area contributed by atoms with Gasteiger partial charge in [0.25, 0.3) is 5.91 Å². The van der Waals surface area contributed by atoms with E-state index in [1.54, 1.807) is 23.1 Å². The highest BCUT2D eigenvalue weighted by atomic mass is 16.3. The van der Waals surface area contributed by atoms with Gasteiger partial charge in [-0.15, -0.1) is 0 Å². The molecule has 1 unspecified atom stereocenters. The van der Waals surface area contributed by atoms with Crippen LogP contribution >= 0.6 is 0 Å². The molecule has 0 spiro atoms. The fourth-order valence-electron chi connectivity index (χ4n) is 3.36. The molecular formula is C19H18N4O2. The van der Waals surface area contributed by atoms with Crippen molar-refractivity contribution in [2.75, 3.05) is 0 Å². The van der Waals surface area contributed by atoms with Crippen LogP contribution in [0.25, 0.3) is 5.82 Å². The van der Waals surface area contributed by atoms with Gasteiger partial charge in [0.2, 0.25) is 0 Å². The third-order valence-corrected chi connectivity index (χ3v) is 4.67. The molecule has 0 aliphatic heterocycles. The summed E-state index contributed by atoms with van der Waals surface area (Å²) in [6, 6.07) is 10.9. The number of hydrogen-bond donors (Lipinski definition) is 2. The zero-order valence-electron chi connectivity index (χ0n) is 13.8. The predicted molar refractivity (Wildman–Crippen MR) is 92.7 cm³/mol. The van der Waals surface area contributed by atoms with E-state index >= 15 is 0 Å². The first-order valence-electron chi connectivity index (χ1n) is 8.23. The molecule has 2 N–H and O–H groups in total. The molecule has 1 aliphatic rings. The van der Waals surface area contributed by atoms with Crippen LogP contribution in [0.1, 0.15) is 39.6 Å². The second-order valence-corrected chi connectivity index (χ2v) is 6.15. The zero-order valence-corrected chi connectivity index (χ0v) is 13.8. The van der Waals surface area contributed by atoms with Gasteiger partial charge in [-0.05, 0) is 49.1 Å². The SMILES string of the molecule is Cc1c(C(=O)NC2CCc3c(O)cccc32)cnn1-c1ccccn1. The number of nitrogens with zero attached hydrogens (tertiary/aromatic N) is 3. The Kier molecular flexibility index (Phi) is 3.72.